The van der Waals surface area contributed by atoms with Crippen LogP contribution in [0, 0.1) is 5.92 Å². The summed E-state index contributed by atoms with van der Waals surface area (Å²) in [4.78, 5) is 72.3. The lowest BCUT2D eigenvalue weighted by molar-refractivity contribution is -0.143. The van der Waals surface area contributed by atoms with Crippen LogP contribution >= 0.6 is 0 Å². The summed E-state index contributed by atoms with van der Waals surface area (Å²) in [5.41, 5.74) is 11.3. The first-order valence-electron chi connectivity index (χ1n) is 11.9. The molecule has 0 heterocycles. The fourth-order valence-electron chi connectivity index (χ4n) is 3.41. The number of benzene rings is 1. The molecule has 0 fully saturated rings. The van der Waals surface area contributed by atoms with Crippen LogP contribution in [-0.4, -0.2) is 75.1 Å². The number of carboxylic acid groups (broad SMARTS) is 2. The molecule has 10 N–H and O–H groups in total. The minimum atomic E-state index is -1.53. The van der Waals surface area contributed by atoms with Crippen molar-refractivity contribution in [1.82, 2.24) is 16.0 Å². The van der Waals surface area contributed by atoms with E-state index in [2.05, 4.69) is 16.0 Å². The van der Waals surface area contributed by atoms with Crippen molar-refractivity contribution in [3.8, 4) is 5.75 Å². The van der Waals surface area contributed by atoms with Crippen molar-refractivity contribution < 1.29 is 44.1 Å². The first-order valence-corrected chi connectivity index (χ1v) is 11.9. The van der Waals surface area contributed by atoms with Gasteiger partial charge in [0, 0.05) is 12.8 Å². The Bertz CT molecular complexity index is 1020. The van der Waals surface area contributed by atoms with Crippen LogP contribution in [0.5, 0.6) is 5.75 Å². The number of hydrogen-bond acceptors (Lipinski definition) is 8. The number of hydrogen-bond donors (Lipinski definition) is 8. The van der Waals surface area contributed by atoms with Gasteiger partial charge in [0.1, 0.15) is 23.9 Å². The molecule has 0 spiro atoms. The highest BCUT2D eigenvalue weighted by Crippen LogP contribution is 2.14. The first kappa shape index (κ1) is 31.8. The number of primary amides is 1. The minimum absolute atomic E-state index is 0.0368. The van der Waals surface area contributed by atoms with E-state index in [4.69, 9.17) is 16.6 Å². The summed E-state index contributed by atoms with van der Waals surface area (Å²) in [5.74, 6) is -6.45. The summed E-state index contributed by atoms with van der Waals surface area (Å²) in [7, 11) is 0. The number of phenols is 1. The lowest BCUT2D eigenvalue weighted by Crippen LogP contribution is -2.59. The number of carbonyl (C=O) groups is 6. The van der Waals surface area contributed by atoms with Crippen molar-refractivity contribution in [1.29, 1.82) is 0 Å². The molecule has 1 aromatic carbocycles. The molecule has 38 heavy (non-hydrogen) atoms. The Hall–Kier alpha value is -4.20. The number of carbonyl (C=O) groups excluding carboxylic acids is 4. The van der Waals surface area contributed by atoms with Gasteiger partial charge in [-0.3, -0.25) is 24.0 Å². The number of nitrogens with one attached hydrogen (secondary N) is 3. The molecule has 0 aromatic heterocycles. The van der Waals surface area contributed by atoms with E-state index in [9.17, 15) is 39.0 Å². The van der Waals surface area contributed by atoms with E-state index in [1.54, 1.807) is 13.8 Å². The Morgan fingerprint density at radius 2 is 1.47 bits per heavy atom. The molecule has 0 aliphatic heterocycles. The SMILES string of the molecule is CCC(C)C(NC(=O)C(N)CC(N)=O)C(=O)NC(Cc1ccc(O)cc1)C(=O)NC(CCC(=O)O)C(=O)O. The van der Waals surface area contributed by atoms with Crippen molar-refractivity contribution in [2.45, 2.75) is 70.1 Å². The maximum absolute atomic E-state index is 13.2. The van der Waals surface area contributed by atoms with Crippen LogP contribution in [0.25, 0.3) is 0 Å². The molecule has 0 bridgehead atoms. The molecule has 210 valence electrons. The zero-order valence-electron chi connectivity index (χ0n) is 21.2. The van der Waals surface area contributed by atoms with E-state index in [1.807, 2.05) is 0 Å². The molecule has 14 heteroatoms. The van der Waals surface area contributed by atoms with Crippen molar-refractivity contribution in [2.75, 3.05) is 0 Å². The van der Waals surface area contributed by atoms with E-state index >= 15 is 0 Å². The Balaban J connectivity index is 3.19. The monoisotopic (exact) mass is 537 g/mol. The van der Waals surface area contributed by atoms with Gasteiger partial charge in [-0.15, -0.1) is 0 Å². The molecule has 1 rings (SSSR count). The zero-order valence-corrected chi connectivity index (χ0v) is 21.2. The molecule has 4 amide bonds. The number of aromatic hydroxyl groups is 1. The Labute approximate surface area is 219 Å². The third-order valence-corrected chi connectivity index (χ3v) is 5.82. The van der Waals surface area contributed by atoms with Crippen LogP contribution in [0.15, 0.2) is 24.3 Å². The maximum Gasteiger partial charge on any atom is 0.326 e. The number of nitrogens with two attached hydrogens (primary N) is 2. The van der Waals surface area contributed by atoms with Gasteiger partial charge in [-0.2, -0.15) is 0 Å². The number of amides is 4. The van der Waals surface area contributed by atoms with E-state index < -0.39 is 78.5 Å². The Kier molecular flexibility index (Phi) is 12.7. The number of aliphatic carboxylic acids is 2. The molecule has 1 aromatic rings. The third-order valence-electron chi connectivity index (χ3n) is 5.82. The third kappa shape index (κ3) is 10.8. The topological polar surface area (TPSA) is 251 Å². The van der Waals surface area contributed by atoms with Crippen LogP contribution in [0.2, 0.25) is 0 Å². The van der Waals surface area contributed by atoms with E-state index in [0.717, 1.165) is 0 Å². The van der Waals surface area contributed by atoms with Crippen molar-refractivity contribution in [2.24, 2.45) is 17.4 Å². The molecule has 0 aliphatic rings. The summed E-state index contributed by atoms with van der Waals surface area (Å²) in [6, 6.07) is 0.395. The van der Waals surface area contributed by atoms with Crippen LogP contribution in [-0.2, 0) is 35.2 Å². The minimum Gasteiger partial charge on any atom is -0.508 e. The van der Waals surface area contributed by atoms with Gasteiger partial charge in [-0.25, -0.2) is 4.79 Å². The highest BCUT2D eigenvalue weighted by atomic mass is 16.4. The molecule has 14 nitrogen and oxygen atoms in total. The average Bonchev–Trinajstić information content (AvgIpc) is 2.84. The van der Waals surface area contributed by atoms with Crippen LogP contribution in [0.3, 0.4) is 0 Å². The van der Waals surface area contributed by atoms with E-state index in [1.165, 1.54) is 24.3 Å². The zero-order chi connectivity index (χ0) is 29.0. The Morgan fingerprint density at radius 1 is 0.895 bits per heavy atom. The second-order valence-corrected chi connectivity index (χ2v) is 8.91. The summed E-state index contributed by atoms with van der Waals surface area (Å²) in [5, 5.41) is 35.0. The van der Waals surface area contributed by atoms with Crippen LogP contribution in [0.1, 0.15) is 45.1 Å². The number of carboxylic acids is 2. The fourth-order valence-corrected chi connectivity index (χ4v) is 3.41. The predicted octanol–water partition coefficient (Wildman–Crippen LogP) is -1.41. The number of rotatable bonds is 16. The van der Waals surface area contributed by atoms with Crippen molar-refractivity contribution >= 4 is 35.6 Å². The van der Waals surface area contributed by atoms with E-state index in [0.29, 0.717) is 12.0 Å². The summed E-state index contributed by atoms with van der Waals surface area (Å²) in [6.07, 6.45) is -1.03. The molecule has 5 unspecified atom stereocenters. The second kappa shape index (κ2) is 15.1. The summed E-state index contributed by atoms with van der Waals surface area (Å²) >= 11 is 0. The van der Waals surface area contributed by atoms with Gasteiger partial charge >= 0.3 is 11.9 Å². The first-order chi connectivity index (χ1) is 17.7. The lowest BCUT2D eigenvalue weighted by atomic mass is 9.96. The van der Waals surface area contributed by atoms with Gasteiger partial charge in [0.05, 0.1) is 12.5 Å². The van der Waals surface area contributed by atoms with Gasteiger partial charge < -0.3 is 42.7 Å². The van der Waals surface area contributed by atoms with Crippen LogP contribution < -0.4 is 27.4 Å². The van der Waals surface area contributed by atoms with Gasteiger partial charge in [0.15, 0.2) is 0 Å². The van der Waals surface area contributed by atoms with Crippen LogP contribution in [0.4, 0.5) is 0 Å². The van der Waals surface area contributed by atoms with Crippen molar-refractivity contribution in [3.05, 3.63) is 29.8 Å². The summed E-state index contributed by atoms with van der Waals surface area (Å²) < 4.78 is 0. The average molecular weight is 538 g/mol. The van der Waals surface area contributed by atoms with Gasteiger partial charge in [-0.05, 0) is 30.0 Å². The molecular formula is C24H35N5O9. The Morgan fingerprint density at radius 3 is 1.97 bits per heavy atom. The highest BCUT2D eigenvalue weighted by molar-refractivity contribution is 5.95. The standard InChI is InChI=1S/C24H35N5O9/c1-3-12(2)20(29-21(34)15(25)11-18(26)31)23(36)28-17(10-13-4-6-14(30)7-5-13)22(35)27-16(24(37)38)8-9-19(32)33/h4-7,12,15-17,20,30H,3,8-11,25H2,1-2H3,(H2,26,31)(H,27,35)(H,28,36)(H,29,34)(H,32,33)(H,37,38). The van der Waals surface area contributed by atoms with Gasteiger partial charge in [-0.1, -0.05) is 32.4 Å². The molecule has 0 saturated carbocycles. The van der Waals surface area contributed by atoms with Gasteiger partial charge in [0.2, 0.25) is 23.6 Å². The fraction of sp³-hybridized carbons (Fsp3) is 0.500. The second-order valence-electron chi connectivity index (χ2n) is 8.91. The number of phenolic OH excluding ortho intramolecular Hbond substituents is 1. The normalized spacial score (nSPS) is 14.7. The smallest absolute Gasteiger partial charge is 0.326 e. The maximum atomic E-state index is 13.2. The largest absolute Gasteiger partial charge is 0.508 e. The quantitative estimate of drug-likeness (QED) is 0.122. The molecule has 0 saturated heterocycles. The highest BCUT2D eigenvalue weighted by Gasteiger charge is 2.33. The molecule has 0 aliphatic carbocycles. The molecule has 0 radical (unpaired) electrons. The van der Waals surface area contributed by atoms with Crippen molar-refractivity contribution in [3.63, 3.8) is 0 Å². The molecule has 5 atom stereocenters. The predicted molar refractivity (Wildman–Crippen MR) is 133 cm³/mol. The summed E-state index contributed by atoms with van der Waals surface area (Å²) in [6.45, 7) is 3.44. The van der Waals surface area contributed by atoms with Gasteiger partial charge in [0.25, 0.3) is 0 Å². The van der Waals surface area contributed by atoms with E-state index in [-0.39, 0.29) is 18.6 Å². The molecular weight excluding hydrogens is 502 g/mol. The lowest BCUT2D eigenvalue weighted by Gasteiger charge is -2.28.